The SMILES string of the molecule is Cl.O=C(CC1CNC1)NCC(O)COc1ccc(F)c(F)c1. The molecule has 8 heteroatoms. The van der Waals surface area contributed by atoms with Crippen molar-refractivity contribution in [3.05, 3.63) is 29.8 Å². The van der Waals surface area contributed by atoms with Gasteiger partial charge in [0.25, 0.3) is 0 Å². The van der Waals surface area contributed by atoms with Crippen LogP contribution >= 0.6 is 12.4 Å². The Morgan fingerprint density at radius 3 is 2.73 bits per heavy atom. The molecule has 5 nitrogen and oxygen atoms in total. The molecule has 1 amide bonds. The van der Waals surface area contributed by atoms with Gasteiger partial charge in [-0.1, -0.05) is 0 Å². The Morgan fingerprint density at radius 1 is 1.41 bits per heavy atom. The summed E-state index contributed by atoms with van der Waals surface area (Å²) < 4.78 is 30.8. The van der Waals surface area contributed by atoms with Gasteiger partial charge in [0.15, 0.2) is 11.6 Å². The average Bonchev–Trinajstić information content (AvgIpc) is 2.42. The summed E-state index contributed by atoms with van der Waals surface area (Å²) in [5.74, 6) is -1.60. The summed E-state index contributed by atoms with van der Waals surface area (Å²) in [5, 5.41) is 15.3. The number of carbonyl (C=O) groups excluding carboxylic acids is 1. The molecule has 1 aliphatic rings. The maximum Gasteiger partial charge on any atom is 0.220 e. The number of hydrogen-bond donors (Lipinski definition) is 3. The van der Waals surface area contributed by atoms with E-state index in [4.69, 9.17) is 4.74 Å². The first-order valence-electron chi connectivity index (χ1n) is 6.78. The molecule has 1 fully saturated rings. The number of benzene rings is 1. The Hall–Kier alpha value is -1.44. The Bertz CT molecular complexity index is 501. The van der Waals surface area contributed by atoms with Crippen molar-refractivity contribution in [2.45, 2.75) is 12.5 Å². The lowest BCUT2D eigenvalue weighted by Gasteiger charge is -2.26. The van der Waals surface area contributed by atoms with Gasteiger partial charge < -0.3 is 20.5 Å². The second kappa shape index (κ2) is 8.87. The highest BCUT2D eigenvalue weighted by molar-refractivity contribution is 5.85. The zero-order valence-electron chi connectivity index (χ0n) is 11.9. The lowest BCUT2D eigenvalue weighted by Crippen LogP contribution is -2.45. The summed E-state index contributed by atoms with van der Waals surface area (Å²) in [7, 11) is 0. The van der Waals surface area contributed by atoms with Crippen molar-refractivity contribution in [2.75, 3.05) is 26.2 Å². The second-order valence-corrected chi connectivity index (χ2v) is 5.07. The summed E-state index contributed by atoms with van der Waals surface area (Å²) in [4.78, 5) is 11.5. The predicted octanol–water partition coefficient (Wildman–Crippen LogP) is 0.852. The summed E-state index contributed by atoms with van der Waals surface area (Å²) in [6, 6.07) is 3.13. The standard InChI is InChI=1S/C14H18F2N2O3.ClH/c15-12-2-1-11(4-13(12)16)21-8-10(19)7-18-14(20)3-9-5-17-6-9;/h1-2,4,9-10,17,19H,3,5-8H2,(H,18,20);1H. The fourth-order valence-corrected chi connectivity index (χ4v) is 1.88. The number of carbonyl (C=O) groups is 1. The molecule has 0 saturated carbocycles. The zero-order chi connectivity index (χ0) is 15.2. The van der Waals surface area contributed by atoms with E-state index < -0.39 is 17.7 Å². The molecule has 0 radical (unpaired) electrons. The largest absolute Gasteiger partial charge is 0.491 e. The van der Waals surface area contributed by atoms with E-state index >= 15 is 0 Å². The maximum atomic E-state index is 12.9. The van der Waals surface area contributed by atoms with Crippen LogP contribution in [-0.2, 0) is 4.79 Å². The molecule has 124 valence electrons. The smallest absolute Gasteiger partial charge is 0.220 e. The summed E-state index contributed by atoms with van der Waals surface area (Å²) in [6.45, 7) is 1.63. The van der Waals surface area contributed by atoms with Gasteiger partial charge in [-0.15, -0.1) is 12.4 Å². The van der Waals surface area contributed by atoms with Gasteiger partial charge >= 0.3 is 0 Å². The highest BCUT2D eigenvalue weighted by Crippen LogP contribution is 2.15. The molecule has 0 aromatic heterocycles. The molecule has 1 heterocycles. The van der Waals surface area contributed by atoms with Crippen molar-refractivity contribution in [1.29, 1.82) is 0 Å². The minimum absolute atomic E-state index is 0. The van der Waals surface area contributed by atoms with Crippen LogP contribution in [0.2, 0.25) is 0 Å². The molecule has 0 spiro atoms. The summed E-state index contributed by atoms with van der Waals surface area (Å²) in [5.41, 5.74) is 0. The van der Waals surface area contributed by atoms with Crippen LogP contribution in [0.15, 0.2) is 18.2 Å². The number of ether oxygens (including phenoxy) is 1. The fourth-order valence-electron chi connectivity index (χ4n) is 1.88. The van der Waals surface area contributed by atoms with Gasteiger partial charge in [0, 0.05) is 19.0 Å². The Balaban J connectivity index is 0.00000242. The van der Waals surface area contributed by atoms with Crippen molar-refractivity contribution in [3.8, 4) is 5.75 Å². The molecule has 1 unspecified atom stereocenters. The Labute approximate surface area is 133 Å². The van der Waals surface area contributed by atoms with Gasteiger partial charge in [0.05, 0.1) is 0 Å². The van der Waals surface area contributed by atoms with Gasteiger partial charge in [-0.3, -0.25) is 4.79 Å². The monoisotopic (exact) mass is 336 g/mol. The number of rotatable bonds is 7. The van der Waals surface area contributed by atoms with Crippen molar-refractivity contribution < 1.29 is 23.4 Å². The molecule has 22 heavy (non-hydrogen) atoms. The average molecular weight is 337 g/mol. The van der Waals surface area contributed by atoms with Crippen molar-refractivity contribution in [3.63, 3.8) is 0 Å². The molecule has 1 atom stereocenters. The quantitative estimate of drug-likeness (QED) is 0.690. The van der Waals surface area contributed by atoms with E-state index in [2.05, 4.69) is 10.6 Å². The topological polar surface area (TPSA) is 70.6 Å². The highest BCUT2D eigenvalue weighted by Gasteiger charge is 2.20. The van der Waals surface area contributed by atoms with Crippen LogP contribution in [0, 0.1) is 17.6 Å². The summed E-state index contributed by atoms with van der Waals surface area (Å²) >= 11 is 0. The van der Waals surface area contributed by atoms with Gasteiger partial charge in [0.1, 0.15) is 18.5 Å². The van der Waals surface area contributed by atoms with E-state index in [1.165, 1.54) is 6.07 Å². The maximum absolute atomic E-state index is 12.9. The molecule has 3 N–H and O–H groups in total. The normalized spacial score (nSPS) is 15.4. The van der Waals surface area contributed by atoms with Crippen LogP contribution < -0.4 is 15.4 Å². The van der Waals surface area contributed by atoms with Crippen LogP contribution in [-0.4, -0.2) is 43.4 Å². The Morgan fingerprint density at radius 2 is 2.14 bits per heavy atom. The lowest BCUT2D eigenvalue weighted by atomic mass is 9.99. The van der Waals surface area contributed by atoms with E-state index in [1.54, 1.807) is 0 Å². The van der Waals surface area contributed by atoms with E-state index in [1.807, 2.05) is 0 Å². The Kier molecular flexibility index (Phi) is 7.50. The number of aliphatic hydroxyl groups excluding tert-OH is 1. The minimum atomic E-state index is -1.01. The lowest BCUT2D eigenvalue weighted by molar-refractivity contribution is -0.122. The fraction of sp³-hybridized carbons (Fsp3) is 0.500. The molecule has 0 aliphatic carbocycles. The molecule has 2 rings (SSSR count). The molecule has 1 saturated heterocycles. The molecule has 0 bridgehead atoms. The van der Waals surface area contributed by atoms with E-state index in [-0.39, 0.29) is 37.2 Å². The second-order valence-electron chi connectivity index (χ2n) is 5.07. The third kappa shape index (κ3) is 5.75. The number of halogens is 3. The molecular formula is C14H19ClF2N2O3. The van der Waals surface area contributed by atoms with Crippen molar-refractivity contribution >= 4 is 18.3 Å². The molecular weight excluding hydrogens is 318 g/mol. The van der Waals surface area contributed by atoms with Crippen LogP contribution in [0.4, 0.5) is 8.78 Å². The van der Waals surface area contributed by atoms with Crippen molar-refractivity contribution in [1.82, 2.24) is 10.6 Å². The van der Waals surface area contributed by atoms with Crippen LogP contribution in [0.1, 0.15) is 6.42 Å². The highest BCUT2D eigenvalue weighted by atomic mass is 35.5. The third-order valence-electron chi connectivity index (χ3n) is 3.21. The predicted molar refractivity (Wildman–Crippen MR) is 79.1 cm³/mol. The van der Waals surface area contributed by atoms with Gasteiger partial charge in [-0.05, 0) is 31.1 Å². The van der Waals surface area contributed by atoms with Crippen LogP contribution in [0.3, 0.4) is 0 Å². The van der Waals surface area contributed by atoms with Gasteiger partial charge in [-0.2, -0.15) is 0 Å². The first kappa shape index (κ1) is 18.6. The van der Waals surface area contributed by atoms with E-state index in [0.29, 0.717) is 12.3 Å². The van der Waals surface area contributed by atoms with Gasteiger partial charge in [0.2, 0.25) is 5.91 Å². The molecule has 1 aromatic carbocycles. The zero-order valence-corrected chi connectivity index (χ0v) is 12.7. The van der Waals surface area contributed by atoms with E-state index in [0.717, 1.165) is 25.2 Å². The molecule has 1 aliphatic heterocycles. The minimum Gasteiger partial charge on any atom is -0.491 e. The number of hydrogen-bond acceptors (Lipinski definition) is 4. The number of aliphatic hydroxyl groups is 1. The third-order valence-corrected chi connectivity index (χ3v) is 3.21. The first-order valence-corrected chi connectivity index (χ1v) is 6.78. The van der Waals surface area contributed by atoms with Gasteiger partial charge in [-0.25, -0.2) is 8.78 Å². The number of amides is 1. The van der Waals surface area contributed by atoms with Crippen LogP contribution in [0.5, 0.6) is 5.75 Å². The molecule has 1 aromatic rings. The van der Waals surface area contributed by atoms with Crippen molar-refractivity contribution in [2.24, 2.45) is 5.92 Å². The first-order chi connectivity index (χ1) is 10.0. The number of nitrogens with one attached hydrogen (secondary N) is 2. The van der Waals surface area contributed by atoms with E-state index in [9.17, 15) is 18.7 Å². The van der Waals surface area contributed by atoms with Crippen LogP contribution in [0.25, 0.3) is 0 Å². The summed E-state index contributed by atoms with van der Waals surface area (Å²) in [6.07, 6.45) is -0.481.